The second-order valence-electron chi connectivity index (χ2n) is 7.63. The molecule has 1 aliphatic rings. The van der Waals surface area contributed by atoms with E-state index in [1.165, 1.54) is 15.4 Å². The first-order valence-electron chi connectivity index (χ1n) is 9.61. The molecule has 0 bridgehead atoms. The van der Waals surface area contributed by atoms with Gasteiger partial charge in [-0.05, 0) is 6.92 Å². The van der Waals surface area contributed by atoms with E-state index in [1.807, 2.05) is 31.2 Å². The minimum Gasteiger partial charge on any atom is -0.344 e. The number of benzene rings is 1. The van der Waals surface area contributed by atoms with E-state index in [-0.39, 0.29) is 11.8 Å². The highest BCUT2D eigenvalue weighted by molar-refractivity contribution is 5.90. The Balaban J connectivity index is 1.45. The van der Waals surface area contributed by atoms with E-state index >= 15 is 0 Å². The monoisotopic (exact) mass is 387 g/mol. The molecule has 1 fully saturated rings. The molecule has 0 atom stereocenters. The van der Waals surface area contributed by atoms with Crippen LogP contribution in [-0.2, 0) is 9.59 Å². The summed E-state index contributed by atoms with van der Waals surface area (Å²) >= 11 is 0. The zero-order valence-corrected chi connectivity index (χ0v) is 16.7. The fourth-order valence-electron chi connectivity index (χ4n) is 3.29. The number of amides is 2. The number of nitrogens with zero attached hydrogens (tertiary/aromatic N) is 2. The Bertz CT molecular complexity index is 808. The smallest absolute Gasteiger partial charge is 0.281 e. The van der Waals surface area contributed by atoms with E-state index < -0.39 is 0 Å². The number of nitrogens with one attached hydrogen (secondary N) is 3. The molecule has 1 aromatic carbocycles. The number of carbonyl (C=O) groups is 2. The molecule has 1 aromatic heterocycles. The Labute approximate surface area is 165 Å². The minimum absolute atomic E-state index is 0.0885. The van der Waals surface area contributed by atoms with Crippen molar-refractivity contribution in [1.82, 2.24) is 10.1 Å². The lowest BCUT2D eigenvalue weighted by molar-refractivity contribution is -1.00. The van der Waals surface area contributed by atoms with E-state index in [2.05, 4.69) is 10.5 Å². The van der Waals surface area contributed by atoms with E-state index in [0.717, 1.165) is 31.7 Å². The normalized spacial score (nSPS) is 19.2. The molecule has 8 heteroatoms. The second kappa shape index (κ2) is 8.99. The van der Waals surface area contributed by atoms with Crippen LogP contribution in [0.5, 0.6) is 0 Å². The Kier molecular flexibility index (Phi) is 6.43. The van der Waals surface area contributed by atoms with Gasteiger partial charge in [-0.1, -0.05) is 35.0 Å². The Hall–Kier alpha value is -2.71. The predicted molar refractivity (Wildman–Crippen MR) is 105 cm³/mol. The van der Waals surface area contributed by atoms with Crippen LogP contribution in [0, 0.1) is 6.92 Å². The molecule has 0 unspecified atom stereocenters. The van der Waals surface area contributed by atoms with Gasteiger partial charge >= 0.3 is 0 Å². The summed E-state index contributed by atoms with van der Waals surface area (Å²) in [5.41, 5.74) is 2.83. The number of likely N-dealkylation sites (N-methyl/N-ethyl adjacent to an activating group) is 1. The molecule has 0 spiro atoms. The molecule has 0 radical (unpaired) electrons. The van der Waals surface area contributed by atoms with Crippen LogP contribution in [0.2, 0.25) is 0 Å². The van der Waals surface area contributed by atoms with Crippen LogP contribution < -0.4 is 15.1 Å². The van der Waals surface area contributed by atoms with Crippen molar-refractivity contribution in [2.45, 2.75) is 6.92 Å². The summed E-state index contributed by atoms with van der Waals surface area (Å²) in [7, 11) is 3.56. The maximum Gasteiger partial charge on any atom is 0.281 e. The van der Waals surface area contributed by atoms with Crippen LogP contribution in [0.25, 0.3) is 11.3 Å². The maximum atomic E-state index is 12.3. The number of hydrogen-bond donors (Lipinski definition) is 3. The molecule has 2 aromatic rings. The number of anilines is 1. The van der Waals surface area contributed by atoms with Gasteiger partial charge in [0, 0.05) is 25.7 Å². The topological polar surface area (TPSA) is 84.3 Å². The van der Waals surface area contributed by atoms with Crippen molar-refractivity contribution in [3.63, 3.8) is 0 Å². The largest absolute Gasteiger partial charge is 0.344 e. The maximum absolute atomic E-state index is 12.3. The van der Waals surface area contributed by atoms with E-state index in [9.17, 15) is 9.59 Å². The molecular weight excluding hydrogens is 358 g/mol. The summed E-state index contributed by atoms with van der Waals surface area (Å²) in [5, 5.41) is 6.82. The lowest BCUT2D eigenvalue weighted by atomic mass is 10.1. The highest BCUT2D eigenvalue weighted by Gasteiger charge is 2.27. The van der Waals surface area contributed by atoms with Gasteiger partial charge in [0.25, 0.3) is 11.8 Å². The van der Waals surface area contributed by atoms with Crippen LogP contribution >= 0.6 is 0 Å². The van der Waals surface area contributed by atoms with Gasteiger partial charge in [-0.2, -0.15) is 0 Å². The average molecular weight is 387 g/mol. The number of aryl methyl sites for hydroxylation is 1. The summed E-state index contributed by atoms with van der Waals surface area (Å²) in [4.78, 5) is 28.3. The average Bonchev–Trinajstić information content (AvgIpc) is 3.12. The number of quaternary nitrogens is 2. The third-order valence-electron chi connectivity index (χ3n) is 5.09. The van der Waals surface area contributed by atoms with E-state index in [0.29, 0.717) is 24.7 Å². The van der Waals surface area contributed by atoms with Gasteiger partial charge in [0.2, 0.25) is 5.88 Å². The third-order valence-corrected chi connectivity index (χ3v) is 5.09. The fourth-order valence-corrected chi connectivity index (χ4v) is 3.29. The summed E-state index contributed by atoms with van der Waals surface area (Å²) in [5.74, 6) is 0.418. The zero-order chi connectivity index (χ0) is 20.1. The molecule has 8 nitrogen and oxygen atoms in total. The van der Waals surface area contributed by atoms with Crippen LogP contribution in [0.1, 0.15) is 5.56 Å². The lowest BCUT2D eigenvalue weighted by Gasteiger charge is -2.29. The van der Waals surface area contributed by atoms with Crippen LogP contribution in [0.4, 0.5) is 5.88 Å². The molecule has 0 aliphatic carbocycles. The second-order valence-corrected chi connectivity index (χ2v) is 7.63. The van der Waals surface area contributed by atoms with Crippen molar-refractivity contribution in [2.75, 3.05) is 58.7 Å². The quantitative estimate of drug-likeness (QED) is 0.561. The standard InChI is InChI=1S/C20H27N5O3/c1-15-4-6-16(7-5-15)17-12-19(28-22-17)21-18(26)13-24-8-10-25(11-9-24)14-20(27)23(2)3/h4-7,12H,8-11,13-14H2,1-3H3,(H,21,26)/p+2. The van der Waals surface area contributed by atoms with Crippen LogP contribution in [0.3, 0.4) is 0 Å². The molecule has 1 aliphatic heterocycles. The van der Waals surface area contributed by atoms with Gasteiger partial charge in [0.1, 0.15) is 31.9 Å². The van der Waals surface area contributed by atoms with E-state index in [1.54, 1.807) is 25.1 Å². The molecule has 3 N–H and O–H groups in total. The first kappa shape index (κ1) is 20.0. The molecular formula is C20H29N5O3+2. The summed E-state index contributed by atoms with van der Waals surface area (Å²) in [6, 6.07) is 9.73. The number of rotatable bonds is 6. The number of piperazine rings is 1. The highest BCUT2D eigenvalue weighted by atomic mass is 16.5. The third kappa shape index (κ3) is 5.40. The van der Waals surface area contributed by atoms with Gasteiger partial charge in [-0.3, -0.25) is 14.9 Å². The van der Waals surface area contributed by atoms with Gasteiger partial charge in [-0.25, -0.2) is 0 Å². The molecule has 2 heterocycles. The summed E-state index contributed by atoms with van der Waals surface area (Å²) in [6.45, 7) is 6.46. The van der Waals surface area contributed by atoms with Gasteiger partial charge < -0.3 is 19.2 Å². The first-order valence-corrected chi connectivity index (χ1v) is 9.61. The van der Waals surface area contributed by atoms with Crippen molar-refractivity contribution in [2.24, 2.45) is 0 Å². The van der Waals surface area contributed by atoms with E-state index in [4.69, 9.17) is 4.52 Å². The Morgan fingerprint density at radius 2 is 1.68 bits per heavy atom. The molecule has 0 saturated carbocycles. The Morgan fingerprint density at radius 1 is 1.07 bits per heavy atom. The van der Waals surface area contributed by atoms with Crippen molar-refractivity contribution in [1.29, 1.82) is 0 Å². The van der Waals surface area contributed by atoms with Crippen molar-refractivity contribution < 1.29 is 23.9 Å². The molecule has 1 saturated heterocycles. The van der Waals surface area contributed by atoms with Crippen LogP contribution in [-0.4, -0.2) is 75.2 Å². The molecule has 150 valence electrons. The van der Waals surface area contributed by atoms with Gasteiger partial charge in [0.05, 0.1) is 0 Å². The van der Waals surface area contributed by atoms with Gasteiger partial charge in [-0.15, -0.1) is 0 Å². The summed E-state index contributed by atoms with van der Waals surface area (Å²) in [6.07, 6.45) is 0. The molecule has 28 heavy (non-hydrogen) atoms. The number of aromatic nitrogens is 1. The SMILES string of the molecule is Cc1ccc(-c2cc(NC(=O)C[NH+]3CC[NH+](CC(=O)N(C)C)CC3)on2)cc1. The highest BCUT2D eigenvalue weighted by Crippen LogP contribution is 2.21. The minimum atomic E-state index is -0.0885. The molecule has 2 amide bonds. The van der Waals surface area contributed by atoms with Crippen molar-refractivity contribution in [3.05, 3.63) is 35.9 Å². The molecule has 3 rings (SSSR count). The fraction of sp³-hybridized carbons (Fsp3) is 0.450. The lowest BCUT2D eigenvalue weighted by Crippen LogP contribution is -3.28. The first-order chi connectivity index (χ1) is 13.4. The van der Waals surface area contributed by atoms with Crippen molar-refractivity contribution >= 4 is 17.7 Å². The summed E-state index contributed by atoms with van der Waals surface area (Å²) < 4.78 is 5.25. The Morgan fingerprint density at radius 3 is 2.29 bits per heavy atom. The zero-order valence-electron chi connectivity index (χ0n) is 16.7. The van der Waals surface area contributed by atoms with Gasteiger partial charge in [0.15, 0.2) is 13.1 Å². The van der Waals surface area contributed by atoms with Crippen LogP contribution in [0.15, 0.2) is 34.9 Å². The van der Waals surface area contributed by atoms with Crippen molar-refractivity contribution in [3.8, 4) is 11.3 Å². The number of hydrogen-bond acceptors (Lipinski definition) is 4. The number of carbonyl (C=O) groups excluding carboxylic acids is 2. The predicted octanol–water partition coefficient (Wildman–Crippen LogP) is -1.54.